The largest absolute Gasteiger partial charge is 0.313 e. The van der Waals surface area contributed by atoms with Crippen LogP contribution in [0.2, 0.25) is 0 Å². The Balaban J connectivity index is 2.98. The zero-order chi connectivity index (χ0) is 12.1. The first-order valence-corrected chi connectivity index (χ1v) is 7.59. The van der Waals surface area contributed by atoms with E-state index in [0.29, 0.717) is 12.0 Å². The van der Waals surface area contributed by atoms with E-state index in [1.54, 1.807) is 0 Å². The predicted molar refractivity (Wildman–Crippen MR) is 82.7 cm³/mol. The van der Waals surface area contributed by atoms with Crippen LogP contribution in [-0.2, 0) is 0 Å². The Hall–Kier alpha value is 0.390. The van der Waals surface area contributed by atoms with E-state index in [2.05, 4.69) is 75.9 Å². The van der Waals surface area contributed by atoms with Crippen LogP contribution in [0.3, 0.4) is 0 Å². The molecule has 1 nitrogen and oxygen atoms in total. The average Bonchev–Trinajstić information content (AvgIpc) is 2.24. The molecular weight excluding hydrogens is 377 g/mol. The third-order valence-electron chi connectivity index (χ3n) is 2.92. The molecule has 0 fully saturated rings. The molecule has 0 spiro atoms. The van der Waals surface area contributed by atoms with E-state index < -0.39 is 0 Å². The molecule has 0 aliphatic carbocycles. The van der Waals surface area contributed by atoms with Crippen molar-refractivity contribution < 1.29 is 0 Å². The molecule has 16 heavy (non-hydrogen) atoms. The molecule has 3 heteroatoms. The van der Waals surface area contributed by atoms with E-state index >= 15 is 0 Å². The number of benzene rings is 1. The first-order chi connectivity index (χ1) is 7.60. The van der Waals surface area contributed by atoms with Gasteiger partial charge in [0, 0.05) is 14.1 Å². The second kappa shape index (κ2) is 6.97. The third kappa shape index (κ3) is 3.70. The lowest BCUT2D eigenvalue weighted by molar-refractivity contribution is 0.382. The van der Waals surface area contributed by atoms with Gasteiger partial charge in [0.2, 0.25) is 0 Å². The SMILES string of the molecule is CCCC(C)C(NC)c1cc(Br)ccc1I. The number of nitrogens with one attached hydrogen (secondary N) is 1. The van der Waals surface area contributed by atoms with Crippen LogP contribution < -0.4 is 5.32 Å². The van der Waals surface area contributed by atoms with Gasteiger partial charge in [-0.15, -0.1) is 0 Å². The Bertz CT molecular complexity index is 341. The third-order valence-corrected chi connectivity index (χ3v) is 4.39. The highest BCUT2D eigenvalue weighted by molar-refractivity contribution is 14.1. The lowest BCUT2D eigenvalue weighted by Gasteiger charge is -2.25. The predicted octanol–water partition coefficient (Wildman–Crippen LogP) is 4.75. The molecule has 0 aromatic heterocycles. The lowest BCUT2D eigenvalue weighted by atomic mass is 9.91. The van der Waals surface area contributed by atoms with Gasteiger partial charge in [0.05, 0.1) is 0 Å². The summed E-state index contributed by atoms with van der Waals surface area (Å²) in [5.74, 6) is 0.665. The van der Waals surface area contributed by atoms with Gasteiger partial charge < -0.3 is 5.32 Å². The zero-order valence-corrected chi connectivity index (χ0v) is 13.8. The quantitative estimate of drug-likeness (QED) is 0.709. The fraction of sp³-hybridized carbons (Fsp3) is 0.538. The summed E-state index contributed by atoms with van der Waals surface area (Å²) in [6.45, 7) is 4.57. The van der Waals surface area contributed by atoms with Gasteiger partial charge in [-0.3, -0.25) is 0 Å². The average molecular weight is 396 g/mol. The smallest absolute Gasteiger partial charge is 0.0354 e. The molecule has 1 rings (SSSR count). The van der Waals surface area contributed by atoms with Gasteiger partial charge in [-0.25, -0.2) is 0 Å². The molecule has 0 aliphatic heterocycles. The Labute approximate surface area is 121 Å². The summed E-state index contributed by atoms with van der Waals surface area (Å²) < 4.78 is 2.50. The highest BCUT2D eigenvalue weighted by atomic mass is 127. The molecule has 0 heterocycles. The number of hydrogen-bond acceptors (Lipinski definition) is 1. The monoisotopic (exact) mass is 395 g/mol. The molecule has 1 aromatic rings. The molecule has 0 bridgehead atoms. The van der Waals surface area contributed by atoms with Crippen LogP contribution >= 0.6 is 38.5 Å². The van der Waals surface area contributed by atoms with Gasteiger partial charge in [0.1, 0.15) is 0 Å². The molecule has 1 N–H and O–H groups in total. The zero-order valence-electron chi connectivity index (χ0n) is 10.1. The van der Waals surface area contributed by atoms with Crippen molar-refractivity contribution in [2.24, 2.45) is 5.92 Å². The highest BCUT2D eigenvalue weighted by Crippen LogP contribution is 2.30. The lowest BCUT2D eigenvalue weighted by Crippen LogP contribution is -2.24. The van der Waals surface area contributed by atoms with E-state index in [0.717, 1.165) is 4.47 Å². The molecular formula is C13H19BrIN. The van der Waals surface area contributed by atoms with E-state index in [-0.39, 0.29) is 0 Å². The van der Waals surface area contributed by atoms with Crippen LogP contribution in [0, 0.1) is 9.49 Å². The van der Waals surface area contributed by atoms with Crippen molar-refractivity contribution >= 4 is 38.5 Å². The maximum Gasteiger partial charge on any atom is 0.0354 e. The minimum absolute atomic E-state index is 0.448. The summed E-state index contributed by atoms with van der Waals surface area (Å²) in [4.78, 5) is 0. The maximum absolute atomic E-state index is 3.55. The van der Waals surface area contributed by atoms with Crippen LogP contribution in [-0.4, -0.2) is 7.05 Å². The fourth-order valence-corrected chi connectivity index (χ4v) is 3.17. The molecule has 0 radical (unpaired) electrons. The van der Waals surface area contributed by atoms with E-state index in [1.165, 1.54) is 22.0 Å². The minimum atomic E-state index is 0.448. The molecule has 0 saturated carbocycles. The second-order valence-electron chi connectivity index (χ2n) is 4.20. The number of rotatable bonds is 5. The molecule has 2 unspecified atom stereocenters. The standard InChI is InChI=1S/C13H19BrIN/c1-4-5-9(2)13(16-3)11-8-10(14)6-7-12(11)15/h6-9,13,16H,4-5H2,1-3H3. The summed E-state index contributed by atoms with van der Waals surface area (Å²) >= 11 is 5.97. The summed E-state index contributed by atoms with van der Waals surface area (Å²) in [6, 6.07) is 6.95. The van der Waals surface area contributed by atoms with Crippen LogP contribution in [0.5, 0.6) is 0 Å². The molecule has 90 valence electrons. The highest BCUT2D eigenvalue weighted by Gasteiger charge is 2.19. The Morgan fingerprint density at radius 3 is 2.69 bits per heavy atom. The summed E-state index contributed by atoms with van der Waals surface area (Å²) in [5, 5.41) is 3.45. The van der Waals surface area contributed by atoms with Gasteiger partial charge in [-0.05, 0) is 65.7 Å². The van der Waals surface area contributed by atoms with Crippen molar-refractivity contribution in [2.75, 3.05) is 7.05 Å². The Kier molecular flexibility index (Phi) is 6.29. The van der Waals surface area contributed by atoms with Crippen molar-refractivity contribution in [3.05, 3.63) is 31.8 Å². The topological polar surface area (TPSA) is 12.0 Å². The second-order valence-corrected chi connectivity index (χ2v) is 6.28. The fourth-order valence-electron chi connectivity index (χ4n) is 2.12. The van der Waals surface area contributed by atoms with Gasteiger partial charge >= 0.3 is 0 Å². The summed E-state index contributed by atoms with van der Waals surface area (Å²) in [6.07, 6.45) is 2.50. The molecule has 2 atom stereocenters. The molecule has 1 aromatic carbocycles. The minimum Gasteiger partial charge on any atom is -0.313 e. The van der Waals surface area contributed by atoms with Gasteiger partial charge in [0.15, 0.2) is 0 Å². The summed E-state index contributed by atoms with van der Waals surface area (Å²) in [5.41, 5.74) is 1.40. The van der Waals surface area contributed by atoms with Crippen molar-refractivity contribution in [1.82, 2.24) is 5.32 Å². The van der Waals surface area contributed by atoms with Gasteiger partial charge in [-0.1, -0.05) is 36.2 Å². The van der Waals surface area contributed by atoms with E-state index in [9.17, 15) is 0 Å². The first-order valence-electron chi connectivity index (χ1n) is 5.72. The van der Waals surface area contributed by atoms with Crippen LogP contribution in [0.15, 0.2) is 22.7 Å². The van der Waals surface area contributed by atoms with Crippen LogP contribution in [0.4, 0.5) is 0 Å². The molecule has 0 saturated heterocycles. The first kappa shape index (κ1) is 14.5. The van der Waals surface area contributed by atoms with Crippen LogP contribution in [0.25, 0.3) is 0 Å². The number of halogens is 2. The van der Waals surface area contributed by atoms with E-state index in [1.807, 2.05) is 7.05 Å². The van der Waals surface area contributed by atoms with E-state index in [4.69, 9.17) is 0 Å². The maximum atomic E-state index is 3.55. The normalized spacial score (nSPS) is 14.8. The van der Waals surface area contributed by atoms with Crippen LogP contribution in [0.1, 0.15) is 38.3 Å². The Morgan fingerprint density at radius 1 is 1.44 bits per heavy atom. The molecule has 0 amide bonds. The molecule has 0 aliphatic rings. The van der Waals surface area contributed by atoms with Gasteiger partial charge in [-0.2, -0.15) is 0 Å². The Morgan fingerprint density at radius 2 is 2.12 bits per heavy atom. The van der Waals surface area contributed by atoms with Crippen molar-refractivity contribution in [3.63, 3.8) is 0 Å². The van der Waals surface area contributed by atoms with Crippen molar-refractivity contribution in [3.8, 4) is 0 Å². The van der Waals surface area contributed by atoms with Gasteiger partial charge in [0.25, 0.3) is 0 Å². The van der Waals surface area contributed by atoms with Crippen molar-refractivity contribution in [1.29, 1.82) is 0 Å². The summed E-state index contributed by atoms with van der Waals surface area (Å²) in [7, 11) is 2.05. The van der Waals surface area contributed by atoms with Crippen molar-refractivity contribution in [2.45, 2.75) is 32.7 Å². The number of hydrogen-bond donors (Lipinski definition) is 1.